The fraction of sp³-hybridized carbons (Fsp3) is 0.927. The summed E-state index contributed by atoms with van der Waals surface area (Å²) in [6.07, 6.45) is 32.4. The van der Waals surface area contributed by atoms with Crippen LogP contribution in [0.25, 0.3) is 0 Å². The Morgan fingerprint density at radius 1 is 0.404 bits per heavy atom. The summed E-state index contributed by atoms with van der Waals surface area (Å²) in [5.74, 6) is -0.0731. The fourth-order valence-electron chi connectivity index (χ4n) is 5.92. The quantitative estimate of drug-likeness (QED) is 0.0376. The van der Waals surface area contributed by atoms with Gasteiger partial charge in [0.1, 0.15) is 13.2 Å². The highest BCUT2D eigenvalue weighted by Gasteiger charge is 2.19. The van der Waals surface area contributed by atoms with Gasteiger partial charge in [-0.1, -0.05) is 182 Å². The fourth-order valence-corrected chi connectivity index (χ4v) is 5.92. The van der Waals surface area contributed by atoms with Crippen molar-refractivity contribution in [3.8, 4) is 0 Å². The summed E-state index contributed by atoms with van der Waals surface area (Å²) in [7, 11) is 0. The Bertz CT molecular complexity index is 706. The molecule has 47 heavy (non-hydrogen) atoms. The van der Waals surface area contributed by atoms with E-state index in [1.807, 2.05) is 0 Å². The van der Waals surface area contributed by atoms with Crippen molar-refractivity contribution in [1.29, 1.82) is 0 Å². The second kappa shape index (κ2) is 35.7. The molecule has 0 rings (SSSR count). The summed E-state index contributed by atoms with van der Waals surface area (Å²) in [5, 5.41) is 0. The molecule has 0 aromatic carbocycles. The van der Waals surface area contributed by atoms with Gasteiger partial charge in [0.05, 0.1) is 0 Å². The lowest BCUT2D eigenvalue weighted by molar-refractivity contribution is -0.167. The van der Waals surface area contributed by atoms with Crippen molar-refractivity contribution in [1.82, 2.24) is 0 Å². The number of carbonyl (C=O) groups excluding carboxylic acids is 3. The summed E-state index contributed by atoms with van der Waals surface area (Å²) >= 11 is 0. The smallest absolute Gasteiger partial charge is 0.306 e. The maximum atomic E-state index is 12.6. The van der Waals surface area contributed by atoms with Crippen LogP contribution in [0.5, 0.6) is 0 Å². The van der Waals surface area contributed by atoms with E-state index in [0.717, 1.165) is 63.7 Å². The standard InChI is InChI=1S/C41H78O6/c1-5-7-9-11-13-14-15-16-22-26-30-34-41(44)47-38(35-45-39(42)32-28-24-19-12-10-8-6-2)36-46-40(43)33-29-25-21-18-17-20-23-27-31-37(3)4/h37-38H,5-36H2,1-4H3/t38-/m0/s1. The summed E-state index contributed by atoms with van der Waals surface area (Å²) in [6, 6.07) is 0. The monoisotopic (exact) mass is 667 g/mol. The second-order valence-electron chi connectivity index (χ2n) is 14.4. The maximum absolute atomic E-state index is 12.6. The van der Waals surface area contributed by atoms with Gasteiger partial charge in [0, 0.05) is 19.3 Å². The van der Waals surface area contributed by atoms with Gasteiger partial charge in [-0.25, -0.2) is 0 Å². The molecule has 0 bridgehead atoms. The van der Waals surface area contributed by atoms with Crippen LogP contribution in [0.1, 0.15) is 220 Å². The highest BCUT2D eigenvalue weighted by Crippen LogP contribution is 2.15. The van der Waals surface area contributed by atoms with Crippen LogP contribution >= 0.6 is 0 Å². The third-order valence-corrected chi connectivity index (χ3v) is 9.04. The number of carbonyl (C=O) groups is 3. The van der Waals surface area contributed by atoms with Crippen LogP contribution in [0, 0.1) is 5.92 Å². The van der Waals surface area contributed by atoms with Crippen molar-refractivity contribution in [3.05, 3.63) is 0 Å². The first-order valence-electron chi connectivity index (χ1n) is 20.4. The molecule has 6 heteroatoms. The Morgan fingerprint density at radius 3 is 1.04 bits per heavy atom. The zero-order chi connectivity index (χ0) is 34.6. The summed E-state index contributed by atoms with van der Waals surface area (Å²) in [4.78, 5) is 37.4. The molecule has 0 aromatic heterocycles. The molecule has 0 saturated carbocycles. The molecule has 0 heterocycles. The van der Waals surface area contributed by atoms with E-state index in [1.54, 1.807) is 0 Å². The topological polar surface area (TPSA) is 78.9 Å². The van der Waals surface area contributed by atoms with Crippen molar-refractivity contribution in [3.63, 3.8) is 0 Å². The predicted octanol–water partition coefficient (Wildman–Crippen LogP) is 12.4. The minimum Gasteiger partial charge on any atom is -0.462 e. The van der Waals surface area contributed by atoms with Gasteiger partial charge in [-0.15, -0.1) is 0 Å². The number of rotatable bonds is 36. The summed E-state index contributed by atoms with van der Waals surface area (Å²) in [5.41, 5.74) is 0. The molecule has 0 N–H and O–H groups in total. The molecule has 0 saturated heterocycles. The Morgan fingerprint density at radius 2 is 0.702 bits per heavy atom. The van der Waals surface area contributed by atoms with Crippen molar-refractivity contribution >= 4 is 17.9 Å². The normalized spacial score (nSPS) is 11.9. The lowest BCUT2D eigenvalue weighted by atomic mass is 10.0. The van der Waals surface area contributed by atoms with Gasteiger partial charge in [0.2, 0.25) is 0 Å². The summed E-state index contributed by atoms with van der Waals surface area (Å²) < 4.78 is 16.6. The van der Waals surface area contributed by atoms with E-state index in [9.17, 15) is 14.4 Å². The summed E-state index contributed by atoms with van der Waals surface area (Å²) in [6.45, 7) is 8.89. The number of unbranched alkanes of at least 4 members (excludes halogenated alkanes) is 23. The Hall–Kier alpha value is -1.59. The van der Waals surface area contributed by atoms with Crippen LogP contribution < -0.4 is 0 Å². The van der Waals surface area contributed by atoms with Crippen molar-refractivity contribution in [2.75, 3.05) is 13.2 Å². The van der Waals surface area contributed by atoms with Gasteiger partial charge in [0.15, 0.2) is 6.10 Å². The van der Waals surface area contributed by atoms with Gasteiger partial charge >= 0.3 is 17.9 Å². The average molecular weight is 667 g/mol. The molecule has 6 nitrogen and oxygen atoms in total. The van der Waals surface area contributed by atoms with Crippen LogP contribution in [-0.4, -0.2) is 37.2 Å². The first-order valence-corrected chi connectivity index (χ1v) is 20.4. The molecule has 0 aliphatic carbocycles. The SMILES string of the molecule is CCCCCCCCCCCCCC(=O)O[C@@H](COC(=O)CCCCCCCCC)COC(=O)CCCCCCCCCCC(C)C. The van der Waals surface area contributed by atoms with Gasteiger partial charge in [-0.05, 0) is 25.2 Å². The predicted molar refractivity (Wildman–Crippen MR) is 196 cm³/mol. The third kappa shape index (κ3) is 35.5. The van der Waals surface area contributed by atoms with Crippen LogP contribution in [0.4, 0.5) is 0 Å². The molecule has 0 radical (unpaired) electrons. The molecular weight excluding hydrogens is 588 g/mol. The minimum absolute atomic E-state index is 0.0656. The number of hydrogen-bond acceptors (Lipinski definition) is 6. The number of esters is 3. The Labute approximate surface area is 291 Å². The van der Waals surface area contributed by atoms with E-state index in [4.69, 9.17) is 14.2 Å². The molecule has 0 aromatic rings. The molecule has 278 valence electrons. The van der Waals surface area contributed by atoms with E-state index < -0.39 is 6.10 Å². The lowest BCUT2D eigenvalue weighted by Gasteiger charge is -2.18. The van der Waals surface area contributed by atoms with E-state index >= 15 is 0 Å². The molecular formula is C41H78O6. The van der Waals surface area contributed by atoms with Crippen LogP contribution in [-0.2, 0) is 28.6 Å². The van der Waals surface area contributed by atoms with Crippen molar-refractivity contribution < 1.29 is 28.6 Å². The van der Waals surface area contributed by atoms with E-state index in [0.29, 0.717) is 19.3 Å². The van der Waals surface area contributed by atoms with Gasteiger partial charge in [-0.3, -0.25) is 14.4 Å². The first-order chi connectivity index (χ1) is 22.9. The van der Waals surface area contributed by atoms with E-state index in [2.05, 4.69) is 27.7 Å². The number of ether oxygens (including phenoxy) is 3. The largest absolute Gasteiger partial charge is 0.462 e. The van der Waals surface area contributed by atoms with Gasteiger partial charge in [0.25, 0.3) is 0 Å². The first kappa shape index (κ1) is 45.4. The highest BCUT2D eigenvalue weighted by molar-refractivity contribution is 5.71. The molecule has 0 aliphatic heterocycles. The molecule has 0 fully saturated rings. The third-order valence-electron chi connectivity index (χ3n) is 9.04. The second-order valence-corrected chi connectivity index (χ2v) is 14.4. The molecule has 0 amide bonds. The highest BCUT2D eigenvalue weighted by atomic mass is 16.6. The average Bonchev–Trinajstić information content (AvgIpc) is 3.05. The maximum Gasteiger partial charge on any atom is 0.306 e. The molecule has 0 unspecified atom stereocenters. The van der Waals surface area contributed by atoms with Crippen LogP contribution in [0.2, 0.25) is 0 Å². The minimum atomic E-state index is -0.757. The molecule has 0 spiro atoms. The van der Waals surface area contributed by atoms with Crippen LogP contribution in [0.15, 0.2) is 0 Å². The van der Waals surface area contributed by atoms with Crippen LogP contribution in [0.3, 0.4) is 0 Å². The zero-order valence-electron chi connectivity index (χ0n) is 31.7. The van der Waals surface area contributed by atoms with E-state index in [-0.39, 0.29) is 31.1 Å². The van der Waals surface area contributed by atoms with Gasteiger partial charge < -0.3 is 14.2 Å². The van der Waals surface area contributed by atoms with Crippen molar-refractivity contribution in [2.45, 2.75) is 226 Å². The van der Waals surface area contributed by atoms with Gasteiger partial charge in [-0.2, -0.15) is 0 Å². The zero-order valence-corrected chi connectivity index (χ0v) is 31.7. The Kier molecular flexibility index (Phi) is 34.5. The molecule has 1 atom stereocenters. The van der Waals surface area contributed by atoms with E-state index in [1.165, 1.54) is 116 Å². The van der Waals surface area contributed by atoms with Crippen molar-refractivity contribution in [2.24, 2.45) is 5.92 Å². The number of hydrogen-bond donors (Lipinski definition) is 0. The lowest BCUT2D eigenvalue weighted by Crippen LogP contribution is -2.30. The Balaban J connectivity index is 4.32. The molecule has 0 aliphatic rings.